The third kappa shape index (κ3) is 4.49. The summed E-state index contributed by atoms with van der Waals surface area (Å²) in [5.41, 5.74) is -1.93. The van der Waals surface area contributed by atoms with E-state index in [1.54, 1.807) is 0 Å². The molecule has 2 N–H and O–H groups in total. The second-order valence-corrected chi connectivity index (χ2v) is 8.99. The van der Waals surface area contributed by atoms with Crippen LogP contribution in [-0.2, 0) is 16.2 Å². The highest BCUT2D eigenvalue weighted by Gasteiger charge is 2.63. The Hall–Kier alpha value is -2.54. The summed E-state index contributed by atoms with van der Waals surface area (Å²) in [6.07, 6.45) is -4.69. The van der Waals surface area contributed by atoms with Gasteiger partial charge in [-0.1, -0.05) is 17.7 Å². The fraction of sp³-hybridized carbons (Fsp3) is 0.278. The smallest absolute Gasteiger partial charge is 0.344 e. The molecule has 0 saturated carbocycles. The molecule has 0 aromatic heterocycles. The number of benzene rings is 2. The molecule has 5 nitrogen and oxygen atoms in total. The largest absolute Gasteiger partial charge is 0.416 e. The minimum Gasteiger partial charge on any atom is -0.344 e. The van der Waals surface area contributed by atoms with E-state index in [9.17, 15) is 39.2 Å². The maximum absolute atomic E-state index is 13.5. The molecular weight excluding hydrogens is 491 g/mol. The van der Waals surface area contributed by atoms with E-state index in [1.807, 2.05) is 4.72 Å². The normalized spacial score (nSPS) is 17.9. The molecule has 174 valence electrons. The van der Waals surface area contributed by atoms with Crippen molar-refractivity contribution in [3.8, 4) is 0 Å². The topological polar surface area (TPSA) is 73.3 Å². The summed E-state index contributed by atoms with van der Waals surface area (Å²) in [4.78, 5) is -0.209. The SMILES string of the molecule is N=C(c1c(Cl)cccc1NS(=O)(=O)c1ccc(C(F)(F)F)cc1)N1CC(F)(F)C(F)(F)C1. The van der Waals surface area contributed by atoms with Crippen molar-refractivity contribution in [2.24, 2.45) is 0 Å². The minimum atomic E-state index is -4.69. The first-order valence-corrected chi connectivity index (χ1v) is 10.5. The highest BCUT2D eigenvalue weighted by atomic mass is 35.5. The van der Waals surface area contributed by atoms with Gasteiger partial charge in [-0.3, -0.25) is 10.1 Å². The van der Waals surface area contributed by atoms with Gasteiger partial charge in [0.05, 0.1) is 39.8 Å². The van der Waals surface area contributed by atoms with Gasteiger partial charge in [-0.05, 0) is 36.4 Å². The zero-order valence-electron chi connectivity index (χ0n) is 15.7. The fourth-order valence-corrected chi connectivity index (χ4v) is 4.30. The molecule has 1 heterocycles. The van der Waals surface area contributed by atoms with Gasteiger partial charge in [0.25, 0.3) is 10.0 Å². The van der Waals surface area contributed by atoms with Gasteiger partial charge in [0, 0.05) is 0 Å². The summed E-state index contributed by atoms with van der Waals surface area (Å²) in [5, 5.41) is 7.80. The Bertz CT molecular complexity index is 1140. The molecule has 1 fully saturated rings. The van der Waals surface area contributed by atoms with Crippen LogP contribution in [0.3, 0.4) is 0 Å². The lowest BCUT2D eigenvalue weighted by atomic mass is 10.1. The van der Waals surface area contributed by atoms with Crippen molar-refractivity contribution in [1.29, 1.82) is 5.41 Å². The molecule has 32 heavy (non-hydrogen) atoms. The molecule has 0 radical (unpaired) electrons. The van der Waals surface area contributed by atoms with Crippen molar-refractivity contribution in [2.75, 3.05) is 17.8 Å². The Labute approximate surface area is 182 Å². The highest BCUT2D eigenvalue weighted by Crippen LogP contribution is 2.42. The molecule has 0 bridgehead atoms. The first kappa shape index (κ1) is 24.1. The van der Waals surface area contributed by atoms with Crippen molar-refractivity contribution >= 4 is 33.1 Å². The molecule has 3 rings (SSSR count). The average molecular weight is 504 g/mol. The molecule has 2 aromatic carbocycles. The van der Waals surface area contributed by atoms with Crippen LogP contribution in [0.15, 0.2) is 47.4 Å². The number of halogens is 8. The van der Waals surface area contributed by atoms with Crippen molar-refractivity contribution in [1.82, 2.24) is 4.90 Å². The summed E-state index contributed by atoms with van der Waals surface area (Å²) < 4.78 is 120. The number of anilines is 1. The van der Waals surface area contributed by atoms with E-state index in [1.165, 1.54) is 12.1 Å². The van der Waals surface area contributed by atoms with Crippen LogP contribution in [0.1, 0.15) is 11.1 Å². The number of sulfonamides is 1. The summed E-state index contributed by atoms with van der Waals surface area (Å²) in [7, 11) is -4.51. The number of likely N-dealkylation sites (tertiary alicyclic amines) is 1. The Balaban J connectivity index is 1.94. The maximum atomic E-state index is 13.5. The molecule has 0 unspecified atom stereocenters. The van der Waals surface area contributed by atoms with E-state index in [4.69, 9.17) is 17.0 Å². The second-order valence-electron chi connectivity index (χ2n) is 6.90. The lowest BCUT2D eigenvalue weighted by Crippen LogP contribution is -2.38. The summed E-state index contributed by atoms with van der Waals surface area (Å²) >= 11 is 5.99. The van der Waals surface area contributed by atoms with Crippen molar-refractivity contribution < 1.29 is 39.2 Å². The zero-order chi connectivity index (χ0) is 24.1. The van der Waals surface area contributed by atoms with E-state index in [2.05, 4.69) is 0 Å². The zero-order valence-corrected chi connectivity index (χ0v) is 17.2. The number of nitrogens with one attached hydrogen (secondary N) is 2. The third-order valence-corrected chi connectivity index (χ3v) is 6.31. The Morgan fingerprint density at radius 2 is 1.53 bits per heavy atom. The highest BCUT2D eigenvalue weighted by molar-refractivity contribution is 7.92. The molecule has 0 atom stereocenters. The Kier molecular flexibility index (Phi) is 5.88. The van der Waals surface area contributed by atoms with Gasteiger partial charge in [0.15, 0.2) is 0 Å². The van der Waals surface area contributed by atoms with Gasteiger partial charge in [0.2, 0.25) is 0 Å². The standard InChI is InChI=1S/C18H13ClF7N3O2S/c19-12-2-1-3-13(14(12)15(27)29-8-16(20,21)17(22,23)9-29)28-32(30,31)11-6-4-10(5-7-11)18(24,25)26/h1-7,27-28H,8-9H2. The number of amidine groups is 1. The lowest BCUT2D eigenvalue weighted by Gasteiger charge is -2.22. The van der Waals surface area contributed by atoms with Crippen LogP contribution in [0.4, 0.5) is 36.4 Å². The average Bonchev–Trinajstić information content (AvgIpc) is 2.88. The number of hydrogen-bond donors (Lipinski definition) is 2. The quantitative estimate of drug-likeness (QED) is 0.347. The van der Waals surface area contributed by atoms with Crippen LogP contribution in [-0.4, -0.2) is 44.1 Å². The van der Waals surface area contributed by atoms with Gasteiger partial charge >= 0.3 is 18.0 Å². The predicted molar refractivity (Wildman–Crippen MR) is 102 cm³/mol. The predicted octanol–water partition coefficient (Wildman–Crippen LogP) is 5.07. The third-order valence-electron chi connectivity index (χ3n) is 4.62. The Morgan fingerprint density at radius 1 is 1.00 bits per heavy atom. The summed E-state index contributed by atoms with van der Waals surface area (Å²) in [6, 6.07) is 6.02. The monoisotopic (exact) mass is 503 g/mol. The summed E-state index contributed by atoms with van der Waals surface area (Å²) in [5.74, 6) is -9.71. The number of rotatable bonds is 4. The maximum Gasteiger partial charge on any atom is 0.416 e. The summed E-state index contributed by atoms with van der Waals surface area (Å²) in [6.45, 7) is -2.98. The molecule has 1 aliphatic heterocycles. The number of alkyl halides is 7. The number of hydrogen-bond acceptors (Lipinski definition) is 3. The molecule has 1 aliphatic rings. The van der Waals surface area contributed by atoms with Gasteiger partial charge in [0.1, 0.15) is 5.84 Å². The molecular formula is C18H13ClF7N3O2S. The molecule has 0 amide bonds. The molecule has 2 aromatic rings. The van der Waals surface area contributed by atoms with Crippen LogP contribution in [0.5, 0.6) is 0 Å². The molecule has 0 aliphatic carbocycles. The fourth-order valence-electron chi connectivity index (χ4n) is 2.96. The van der Waals surface area contributed by atoms with Gasteiger partial charge in [-0.2, -0.15) is 30.7 Å². The number of nitrogens with zero attached hydrogens (tertiary/aromatic N) is 1. The van der Waals surface area contributed by atoms with Crippen LogP contribution >= 0.6 is 11.6 Å². The van der Waals surface area contributed by atoms with E-state index in [-0.39, 0.29) is 5.02 Å². The molecule has 0 spiro atoms. The lowest BCUT2D eigenvalue weighted by molar-refractivity contribution is -0.172. The van der Waals surface area contributed by atoms with Crippen LogP contribution in [0.2, 0.25) is 5.02 Å². The first-order valence-electron chi connectivity index (χ1n) is 8.63. The van der Waals surface area contributed by atoms with Crippen LogP contribution in [0.25, 0.3) is 0 Å². The van der Waals surface area contributed by atoms with Crippen molar-refractivity contribution in [2.45, 2.75) is 22.9 Å². The van der Waals surface area contributed by atoms with Gasteiger partial charge in [-0.15, -0.1) is 0 Å². The van der Waals surface area contributed by atoms with Crippen molar-refractivity contribution in [3.05, 3.63) is 58.6 Å². The molecule has 14 heteroatoms. The van der Waals surface area contributed by atoms with E-state index in [0.717, 1.165) is 6.07 Å². The van der Waals surface area contributed by atoms with Gasteiger partial charge < -0.3 is 4.90 Å². The minimum absolute atomic E-state index is 0.291. The van der Waals surface area contributed by atoms with Crippen LogP contribution in [0, 0.1) is 5.41 Å². The first-order chi connectivity index (χ1) is 14.6. The van der Waals surface area contributed by atoms with Crippen molar-refractivity contribution in [3.63, 3.8) is 0 Å². The van der Waals surface area contributed by atoms with Crippen LogP contribution < -0.4 is 4.72 Å². The van der Waals surface area contributed by atoms with Gasteiger partial charge in [-0.25, -0.2) is 8.42 Å². The second kappa shape index (κ2) is 7.80. The van der Waals surface area contributed by atoms with E-state index < -0.39 is 68.7 Å². The Morgan fingerprint density at radius 3 is 2.03 bits per heavy atom. The van der Waals surface area contributed by atoms with E-state index >= 15 is 0 Å². The van der Waals surface area contributed by atoms with E-state index in [0.29, 0.717) is 29.2 Å². The molecule has 1 saturated heterocycles.